The fraction of sp³-hybridized carbons (Fsp3) is 0.933. The Hall–Kier alpha value is -0.220. The molecule has 1 saturated carbocycles. The van der Waals surface area contributed by atoms with Gasteiger partial charge in [0.25, 0.3) is 0 Å². The monoisotopic (exact) mass is 286 g/mol. The summed E-state index contributed by atoms with van der Waals surface area (Å²) >= 11 is 2.02. The first-order valence-electron chi connectivity index (χ1n) is 7.60. The second kappa shape index (κ2) is 7.53. The van der Waals surface area contributed by atoms with Crippen molar-refractivity contribution in [1.82, 2.24) is 5.32 Å². The van der Waals surface area contributed by atoms with Crippen LogP contribution in [-0.4, -0.2) is 29.0 Å². The van der Waals surface area contributed by atoms with Gasteiger partial charge >= 0.3 is 0 Å². The molecule has 0 aliphatic heterocycles. The highest BCUT2D eigenvalue weighted by Gasteiger charge is 2.46. The van der Waals surface area contributed by atoms with E-state index in [1.165, 1.54) is 0 Å². The molecular formula is C15H30N2OS. The van der Waals surface area contributed by atoms with E-state index in [1.54, 1.807) is 0 Å². The third-order valence-electron chi connectivity index (χ3n) is 4.54. The van der Waals surface area contributed by atoms with Crippen LogP contribution >= 0.6 is 11.8 Å². The number of likely N-dealkylation sites (N-methyl/N-ethyl adjacent to an activating group) is 1. The van der Waals surface area contributed by atoms with Crippen LogP contribution in [-0.2, 0) is 4.79 Å². The smallest absolute Gasteiger partial charge is 0.238 e. The number of hydrogen-bond donors (Lipinski definition) is 2. The summed E-state index contributed by atoms with van der Waals surface area (Å²) < 4.78 is 0. The Morgan fingerprint density at radius 3 is 2.68 bits per heavy atom. The molecule has 1 fully saturated rings. The van der Waals surface area contributed by atoms with Gasteiger partial charge < -0.3 is 11.1 Å². The summed E-state index contributed by atoms with van der Waals surface area (Å²) in [6.45, 7) is 9.68. The molecule has 3 atom stereocenters. The summed E-state index contributed by atoms with van der Waals surface area (Å²) in [5, 5.41) is 4.07. The number of thioether (sulfide) groups is 1. The Labute approximate surface area is 122 Å². The number of primary amides is 1. The van der Waals surface area contributed by atoms with Crippen molar-refractivity contribution in [2.45, 2.75) is 64.2 Å². The average molecular weight is 286 g/mol. The molecule has 3 nitrogen and oxygen atoms in total. The molecule has 3 N–H and O–H groups in total. The van der Waals surface area contributed by atoms with Gasteiger partial charge in [-0.2, -0.15) is 11.8 Å². The normalized spacial score (nSPS) is 28.8. The van der Waals surface area contributed by atoms with Crippen LogP contribution in [0.15, 0.2) is 0 Å². The zero-order valence-corrected chi connectivity index (χ0v) is 13.7. The van der Waals surface area contributed by atoms with Crippen molar-refractivity contribution in [3.05, 3.63) is 0 Å². The van der Waals surface area contributed by atoms with Gasteiger partial charge in [0.2, 0.25) is 5.91 Å². The maximum Gasteiger partial charge on any atom is 0.238 e. The van der Waals surface area contributed by atoms with Gasteiger partial charge in [0.05, 0.1) is 0 Å². The van der Waals surface area contributed by atoms with E-state index in [1.807, 2.05) is 11.8 Å². The van der Waals surface area contributed by atoms with Crippen LogP contribution in [0.25, 0.3) is 0 Å². The Morgan fingerprint density at radius 2 is 2.16 bits per heavy atom. The maximum absolute atomic E-state index is 11.9. The van der Waals surface area contributed by atoms with Crippen molar-refractivity contribution in [3.63, 3.8) is 0 Å². The molecule has 0 spiro atoms. The number of rotatable bonds is 8. The number of hydrogen-bond acceptors (Lipinski definition) is 3. The summed E-state index contributed by atoms with van der Waals surface area (Å²) in [5.74, 6) is 2.10. The molecule has 1 aliphatic rings. The first kappa shape index (κ1) is 16.8. The van der Waals surface area contributed by atoms with Crippen molar-refractivity contribution >= 4 is 17.7 Å². The molecule has 0 heterocycles. The lowest BCUT2D eigenvalue weighted by atomic mass is 9.84. The van der Waals surface area contributed by atoms with E-state index in [0.717, 1.165) is 38.0 Å². The minimum atomic E-state index is -0.434. The molecule has 0 bridgehead atoms. The van der Waals surface area contributed by atoms with E-state index in [-0.39, 0.29) is 5.91 Å². The number of nitrogens with two attached hydrogens (primary N) is 1. The predicted octanol–water partition coefficient (Wildman–Crippen LogP) is 2.79. The summed E-state index contributed by atoms with van der Waals surface area (Å²) in [5.41, 5.74) is 5.25. The molecule has 0 saturated heterocycles. The topological polar surface area (TPSA) is 55.1 Å². The van der Waals surface area contributed by atoms with Crippen LogP contribution in [0.4, 0.5) is 0 Å². The minimum absolute atomic E-state index is 0.154. The molecule has 3 unspecified atom stereocenters. The van der Waals surface area contributed by atoms with Gasteiger partial charge in [0.1, 0.15) is 5.54 Å². The fourth-order valence-electron chi connectivity index (χ4n) is 3.02. The zero-order valence-electron chi connectivity index (χ0n) is 12.9. The standard InChI is InChI=1S/C15H30N2OS/c1-5-17-15(14(16)18)9-6-7-13(15)8-10-19-12(4)11(2)3/h11-13,17H,5-10H2,1-4H3,(H2,16,18). The van der Waals surface area contributed by atoms with Gasteiger partial charge in [-0.05, 0) is 43.4 Å². The lowest BCUT2D eigenvalue weighted by molar-refractivity contribution is -0.125. The van der Waals surface area contributed by atoms with Crippen LogP contribution in [0.5, 0.6) is 0 Å². The quantitative estimate of drug-likeness (QED) is 0.721. The lowest BCUT2D eigenvalue weighted by Gasteiger charge is -2.33. The largest absolute Gasteiger partial charge is 0.368 e. The third-order valence-corrected chi connectivity index (χ3v) is 6.08. The zero-order chi connectivity index (χ0) is 14.5. The highest BCUT2D eigenvalue weighted by molar-refractivity contribution is 7.99. The minimum Gasteiger partial charge on any atom is -0.368 e. The molecule has 0 aromatic carbocycles. The summed E-state index contributed by atoms with van der Waals surface area (Å²) in [4.78, 5) is 11.9. The first-order chi connectivity index (χ1) is 8.94. The van der Waals surface area contributed by atoms with Gasteiger partial charge in [-0.25, -0.2) is 0 Å². The Kier molecular flexibility index (Phi) is 6.67. The van der Waals surface area contributed by atoms with E-state index in [4.69, 9.17) is 5.73 Å². The van der Waals surface area contributed by atoms with Crippen molar-refractivity contribution in [2.75, 3.05) is 12.3 Å². The van der Waals surface area contributed by atoms with Crippen LogP contribution < -0.4 is 11.1 Å². The van der Waals surface area contributed by atoms with E-state index >= 15 is 0 Å². The second-order valence-corrected chi connectivity index (χ2v) is 7.55. The van der Waals surface area contributed by atoms with E-state index < -0.39 is 5.54 Å². The van der Waals surface area contributed by atoms with Crippen molar-refractivity contribution < 1.29 is 4.79 Å². The van der Waals surface area contributed by atoms with Gasteiger partial charge in [0.15, 0.2) is 0 Å². The molecule has 0 radical (unpaired) electrons. The number of nitrogens with one attached hydrogen (secondary N) is 1. The molecule has 1 amide bonds. The van der Waals surface area contributed by atoms with E-state index in [9.17, 15) is 4.79 Å². The van der Waals surface area contributed by atoms with Crippen molar-refractivity contribution in [3.8, 4) is 0 Å². The summed E-state index contributed by atoms with van der Waals surface area (Å²) in [6, 6.07) is 0. The summed E-state index contributed by atoms with van der Waals surface area (Å²) in [7, 11) is 0. The molecule has 0 aromatic rings. The fourth-order valence-corrected chi connectivity index (χ4v) is 4.19. The van der Waals surface area contributed by atoms with Crippen molar-refractivity contribution in [2.24, 2.45) is 17.6 Å². The van der Waals surface area contributed by atoms with Gasteiger partial charge in [-0.15, -0.1) is 0 Å². The predicted molar refractivity (Wildman–Crippen MR) is 84.3 cm³/mol. The molecule has 4 heteroatoms. The van der Waals surface area contributed by atoms with Crippen LogP contribution in [0, 0.1) is 11.8 Å². The molecule has 1 rings (SSSR count). The molecule has 0 aromatic heterocycles. The molecule has 1 aliphatic carbocycles. The van der Waals surface area contributed by atoms with Gasteiger partial charge in [-0.1, -0.05) is 34.1 Å². The molecule has 19 heavy (non-hydrogen) atoms. The molecule has 112 valence electrons. The lowest BCUT2D eigenvalue weighted by Crippen LogP contribution is -2.57. The van der Waals surface area contributed by atoms with E-state index in [0.29, 0.717) is 17.1 Å². The SMILES string of the molecule is CCNC1(C(N)=O)CCCC1CCSC(C)C(C)C. The Balaban J connectivity index is 2.53. The van der Waals surface area contributed by atoms with Crippen molar-refractivity contribution in [1.29, 1.82) is 0 Å². The van der Waals surface area contributed by atoms with Crippen LogP contribution in [0.3, 0.4) is 0 Å². The Morgan fingerprint density at radius 1 is 1.47 bits per heavy atom. The maximum atomic E-state index is 11.9. The van der Waals surface area contributed by atoms with E-state index in [2.05, 4.69) is 33.0 Å². The average Bonchev–Trinajstić information content (AvgIpc) is 2.74. The highest BCUT2D eigenvalue weighted by atomic mass is 32.2. The highest BCUT2D eigenvalue weighted by Crippen LogP contribution is 2.39. The first-order valence-corrected chi connectivity index (χ1v) is 8.65. The third kappa shape index (κ3) is 4.12. The number of amides is 1. The van der Waals surface area contributed by atoms with Crippen LogP contribution in [0.2, 0.25) is 0 Å². The number of carbonyl (C=O) groups excluding carboxylic acids is 1. The molecular weight excluding hydrogens is 256 g/mol. The van der Waals surface area contributed by atoms with Gasteiger partial charge in [0, 0.05) is 5.25 Å². The summed E-state index contributed by atoms with van der Waals surface area (Å²) in [6.07, 6.45) is 4.25. The second-order valence-electron chi connectivity index (χ2n) is 6.06. The Bertz CT molecular complexity index is 296. The van der Waals surface area contributed by atoms with Crippen LogP contribution in [0.1, 0.15) is 53.4 Å². The van der Waals surface area contributed by atoms with Gasteiger partial charge in [-0.3, -0.25) is 4.79 Å². The number of carbonyl (C=O) groups is 1.